The first-order valence-corrected chi connectivity index (χ1v) is 8.29. The lowest BCUT2D eigenvalue weighted by Gasteiger charge is -2.31. The Morgan fingerprint density at radius 2 is 1.88 bits per heavy atom. The Kier molecular flexibility index (Phi) is 5.20. The standard InChI is InChI=1S/C17H23N3O4/c1-12(21)18-13-4-6-20(7-5-13)11-17(22)19-14-2-3-15-16(10-14)24-9-8-23-15/h2-3,10,13H,4-9,11H2,1H3,(H,18,21)(H,19,22). The van der Waals surface area contributed by atoms with Crippen molar-refractivity contribution in [2.75, 3.05) is 38.2 Å². The second-order valence-corrected chi connectivity index (χ2v) is 6.16. The van der Waals surface area contributed by atoms with Gasteiger partial charge in [0.1, 0.15) is 13.2 Å². The topological polar surface area (TPSA) is 79.9 Å². The normalized spacial score (nSPS) is 18.0. The third kappa shape index (κ3) is 4.38. The number of likely N-dealkylation sites (tertiary alicyclic amines) is 1. The average Bonchev–Trinajstić information content (AvgIpc) is 2.56. The summed E-state index contributed by atoms with van der Waals surface area (Å²) in [5.41, 5.74) is 0.706. The molecule has 2 N–H and O–H groups in total. The van der Waals surface area contributed by atoms with Gasteiger partial charge in [-0.05, 0) is 25.0 Å². The van der Waals surface area contributed by atoms with E-state index in [0.29, 0.717) is 36.9 Å². The second kappa shape index (κ2) is 7.53. The lowest BCUT2D eigenvalue weighted by Crippen LogP contribution is -2.46. The largest absolute Gasteiger partial charge is 0.486 e. The number of anilines is 1. The van der Waals surface area contributed by atoms with Crippen molar-refractivity contribution < 1.29 is 19.1 Å². The van der Waals surface area contributed by atoms with Crippen molar-refractivity contribution in [3.05, 3.63) is 18.2 Å². The van der Waals surface area contributed by atoms with Crippen LogP contribution >= 0.6 is 0 Å². The molecule has 1 aromatic rings. The Hall–Kier alpha value is -2.28. The first kappa shape index (κ1) is 16.6. The third-order valence-electron chi connectivity index (χ3n) is 4.19. The van der Waals surface area contributed by atoms with Crippen LogP contribution in [0.1, 0.15) is 19.8 Å². The van der Waals surface area contributed by atoms with E-state index < -0.39 is 0 Å². The van der Waals surface area contributed by atoms with Crippen LogP contribution < -0.4 is 20.1 Å². The first-order valence-electron chi connectivity index (χ1n) is 8.29. The Balaban J connectivity index is 1.47. The van der Waals surface area contributed by atoms with E-state index in [9.17, 15) is 9.59 Å². The van der Waals surface area contributed by atoms with Crippen LogP contribution in [0.3, 0.4) is 0 Å². The van der Waals surface area contributed by atoms with Crippen LogP contribution in [0, 0.1) is 0 Å². The van der Waals surface area contributed by atoms with Gasteiger partial charge in [-0.3, -0.25) is 14.5 Å². The van der Waals surface area contributed by atoms with Gasteiger partial charge in [-0.15, -0.1) is 0 Å². The predicted molar refractivity (Wildman–Crippen MR) is 89.3 cm³/mol. The zero-order valence-corrected chi connectivity index (χ0v) is 13.8. The molecule has 3 rings (SSSR count). The number of carbonyl (C=O) groups excluding carboxylic acids is 2. The van der Waals surface area contributed by atoms with Crippen LogP contribution in [-0.4, -0.2) is 55.6 Å². The van der Waals surface area contributed by atoms with Gasteiger partial charge in [-0.2, -0.15) is 0 Å². The molecule has 0 aliphatic carbocycles. The highest BCUT2D eigenvalue weighted by Gasteiger charge is 2.21. The molecule has 7 heteroatoms. The van der Waals surface area contributed by atoms with Crippen LogP contribution in [0.5, 0.6) is 11.5 Å². The average molecular weight is 333 g/mol. The van der Waals surface area contributed by atoms with Crippen molar-refractivity contribution in [2.45, 2.75) is 25.8 Å². The maximum atomic E-state index is 12.2. The van der Waals surface area contributed by atoms with Crippen molar-refractivity contribution in [1.29, 1.82) is 0 Å². The summed E-state index contributed by atoms with van der Waals surface area (Å²) >= 11 is 0. The number of hydrogen-bond acceptors (Lipinski definition) is 5. The van der Waals surface area contributed by atoms with E-state index in [2.05, 4.69) is 15.5 Å². The van der Waals surface area contributed by atoms with Crippen LogP contribution in [0.25, 0.3) is 0 Å². The minimum Gasteiger partial charge on any atom is -0.486 e. The fourth-order valence-corrected chi connectivity index (χ4v) is 3.05. The highest BCUT2D eigenvalue weighted by molar-refractivity contribution is 5.92. The number of nitrogens with zero attached hydrogens (tertiary/aromatic N) is 1. The molecular formula is C17H23N3O4. The maximum absolute atomic E-state index is 12.2. The van der Waals surface area contributed by atoms with Gasteiger partial charge in [-0.25, -0.2) is 0 Å². The van der Waals surface area contributed by atoms with E-state index in [1.54, 1.807) is 6.07 Å². The minimum atomic E-state index is -0.0512. The molecule has 0 aromatic heterocycles. The molecule has 0 radical (unpaired) electrons. The van der Waals surface area contributed by atoms with Crippen LogP contribution in [0.4, 0.5) is 5.69 Å². The molecule has 1 fully saturated rings. The highest BCUT2D eigenvalue weighted by Crippen LogP contribution is 2.32. The lowest BCUT2D eigenvalue weighted by atomic mass is 10.1. The summed E-state index contributed by atoms with van der Waals surface area (Å²) in [4.78, 5) is 25.4. The van der Waals surface area contributed by atoms with Gasteiger partial charge >= 0.3 is 0 Å². The fourth-order valence-electron chi connectivity index (χ4n) is 3.05. The molecule has 2 amide bonds. The van der Waals surface area contributed by atoms with Crippen LogP contribution in [0.15, 0.2) is 18.2 Å². The summed E-state index contributed by atoms with van der Waals surface area (Å²) in [6.07, 6.45) is 1.74. The molecule has 1 aromatic carbocycles. The summed E-state index contributed by atoms with van der Waals surface area (Å²) in [7, 11) is 0. The number of carbonyl (C=O) groups is 2. The molecular weight excluding hydrogens is 310 g/mol. The van der Waals surface area contributed by atoms with Gasteiger partial charge in [-0.1, -0.05) is 0 Å². The van der Waals surface area contributed by atoms with E-state index in [1.165, 1.54) is 6.92 Å². The number of fused-ring (bicyclic) bond motifs is 1. The summed E-state index contributed by atoms with van der Waals surface area (Å²) in [6, 6.07) is 5.63. The Morgan fingerprint density at radius 1 is 1.17 bits per heavy atom. The van der Waals surface area contributed by atoms with Crippen molar-refractivity contribution in [3.8, 4) is 11.5 Å². The summed E-state index contributed by atoms with van der Waals surface area (Å²) in [5.74, 6) is 1.32. The number of piperidine rings is 1. The Labute approximate surface area is 141 Å². The Morgan fingerprint density at radius 3 is 2.58 bits per heavy atom. The van der Waals surface area contributed by atoms with Gasteiger partial charge in [0.2, 0.25) is 11.8 Å². The summed E-state index contributed by atoms with van der Waals surface area (Å²) < 4.78 is 11.0. The number of benzene rings is 1. The number of rotatable bonds is 4. The Bertz CT molecular complexity index is 612. The van der Waals surface area contributed by atoms with Gasteiger partial charge in [0.25, 0.3) is 0 Å². The van der Waals surface area contributed by atoms with Gasteiger partial charge in [0.05, 0.1) is 6.54 Å². The lowest BCUT2D eigenvalue weighted by molar-refractivity contribution is -0.121. The first-order chi connectivity index (χ1) is 11.6. The van der Waals surface area contributed by atoms with E-state index >= 15 is 0 Å². The molecule has 0 atom stereocenters. The van der Waals surface area contributed by atoms with Crippen molar-refractivity contribution in [2.24, 2.45) is 0 Å². The molecule has 0 saturated carbocycles. The van der Waals surface area contributed by atoms with E-state index in [-0.39, 0.29) is 17.9 Å². The second-order valence-electron chi connectivity index (χ2n) is 6.16. The van der Waals surface area contributed by atoms with Gasteiger partial charge in [0.15, 0.2) is 11.5 Å². The summed E-state index contributed by atoms with van der Waals surface area (Å²) in [6.45, 7) is 4.56. The number of ether oxygens (including phenoxy) is 2. The molecule has 130 valence electrons. The van der Waals surface area contributed by atoms with Crippen molar-refractivity contribution in [1.82, 2.24) is 10.2 Å². The fraction of sp³-hybridized carbons (Fsp3) is 0.529. The molecule has 0 unspecified atom stereocenters. The van der Waals surface area contributed by atoms with Gasteiger partial charge < -0.3 is 20.1 Å². The maximum Gasteiger partial charge on any atom is 0.238 e. The SMILES string of the molecule is CC(=O)NC1CCN(CC(=O)Nc2ccc3c(c2)OCCO3)CC1. The van der Waals surface area contributed by atoms with Gasteiger partial charge in [0, 0.05) is 37.8 Å². The van der Waals surface area contributed by atoms with E-state index in [1.807, 2.05) is 12.1 Å². The molecule has 2 aliphatic rings. The predicted octanol–water partition coefficient (Wildman–Crippen LogP) is 0.997. The minimum absolute atomic E-state index is 0.00445. The third-order valence-corrected chi connectivity index (χ3v) is 4.19. The molecule has 1 saturated heterocycles. The smallest absolute Gasteiger partial charge is 0.238 e. The van der Waals surface area contributed by atoms with Crippen molar-refractivity contribution in [3.63, 3.8) is 0 Å². The zero-order chi connectivity index (χ0) is 16.9. The molecule has 2 heterocycles. The summed E-state index contributed by atoms with van der Waals surface area (Å²) in [5, 5.41) is 5.83. The molecule has 7 nitrogen and oxygen atoms in total. The van der Waals surface area contributed by atoms with Crippen molar-refractivity contribution >= 4 is 17.5 Å². The van der Waals surface area contributed by atoms with Crippen LogP contribution in [0.2, 0.25) is 0 Å². The quantitative estimate of drug-likeness (QED) is 0.859. The number of nitrogens with one attached hydrogen (secondary N) is 2. The number of hydrogen-bond donors (Lipinski definition) is 2. The van der Waals surface area contributed by atoms with E-state index in [4.69, 9.17) is 9.47 Å². The monoisotopic (exact) mass is 333 g/mol. The highest BCUT2D eigenvalue weighted by atomic mass is 16.6. The molecule has 2 aliphatic heterocycles. The van der Waals surface area contributed by atoms with Crippen LogP contribution in [-0.2, 0) is 9.59 Å². The molecule has 0 bridgehead atoms. The molecule has 24 heavy (non-hydrogen) atoms. The number of amides is 2. The van der Waals surface area contributed by atoms with E-state index in [0.717, 1.165) is 25.9 Å². The molecule has 0 spiro atoms. The zero-order valence-electron chi connectivity index (χ0n) is 13.8.